The van der Waals surface area contributed by atoms with Gasteiger partial charge in [-0.1, -0.05) is 44.2 Å². The van der Waals surface area contributed by atoms with Crippen LogP contribution in [0.1, 0.15) is 38.7 Å². The van der Waals surface area contributed by atoms with Crippen LogP contribution in [-0.2, 0) is 20.9 Å². The molecule has 0 aliphatic carbocycles. The first kappa shape index (κ1) is 18.0. The summed E-state index contributed by atoms with van der Waals surface area (Å²) in [5.74, 6) is -1.52. The molecule has 1 aromatic rings. The molecule has 1 aromatic carbocycles. The Morgan fingerprint density at radius 2 is 1.96 bits per heavy atom. The fourth-order valence-electron chi connectivity index (χ4n) is 2.96. The van der Waals surface area contributed by atoms with Gasteiger partial charge in [0, 0.05) is 25.4 Å². The van der Waals surface area contributed by atoms with Gasteiger partial charge >= 0.3 is 5.97 Å². The van der Waals surface area contributed by atoms with Gasteiger partial charge in [-0.05, 0) is 17.9 Å². The van der Waals surface area contributed by atoms with Crippen LogP contribution < -0.4 is 5.32 Å². The zero-order valence-electron chi connectivity index (χ0n) is 14.1. The van der Waals surface area contributed by atoms with Crippen molar-refractivity contribution >= 4 is 17.8 Å². The Hall–Kier alpha value is -2.37. The van der Waals surface area contributed by atoms with Crippen LogP contribution >= 0.6 is 0 Å². The second-order valence-corrected chi connectivity index (χ2v) is 6.53. The molecule has 1 fully saturated rings. The fraction of sp³-hybridized carbons (Fsp3) is 0.500. The summed E-state index contributed by atoms with van der Waals surface area (Å²) in [6.07, 6.45) is 1.19. The Morgan fingerprint density at radius 3 is 2.54 bits per heavy atom. The summed E-state index contributed by atoms with van der Waals surface area (Å²) in [7, 11) is 0. The SMILES string of the molecule is CC(C)[C@H](NC(=O)C[C@@H]1CCC(=O)N1Cc1ccccc1)C(=O)O. The van der Waals surface area contributed by atoms with Crippen molar-refractivity contribution in [2.75, 3.05) is 0 Å². The molecule has 0 saturated carbocycles. The minimum atomic E-state index is -1.04. The van der Waals surface area contributed by atoms with Gasteiger partial charge in [0.25, 0.3) is 0 Å². The molecule has 2 rings (SSSR count). The van der Waals surface area contributed by atoms with E-state index in [2.05, 4.69) is 5.32 Å². The van der Waals surface area contributed by atoms with Crippen molar-refractivity contribution in [1.29, 1.82) is 0 Å². The van der Waals surface area contributed by atoms with Gasteiger partial charge in [0.2, 0.25) is 11.8 Å². The molecule has 2 N–H and O–H groups in total. The number of likely N-dealkylation sites (tertiary alicyclic amines) is 1. The van der Waals surface area contributed by atoms with E-state index < -0.39 is 12.0 Å². The minimum Gasteiger partial charge on any atom is -0.480 e. The molecular weight excluding hydrogens is 308 g/mol. The first-order valence-corrected chi connectivity index (χ1v) is 8.24. The molecule has 0 radical (unpaired) electrons. The second kappa shape index (κ2) is 7.95. The fourth-order valence-corrected chi connectivity index (χ4v) is 2.96. The molecule has 6 heteroatoms. The van der Waals surface area contributed by atoms with Crippen LogP contribution in [0.5, 0.6) is 0 Å². The van der Waals surface area contributed by atoms with Gasteiger partial charge in [-0.15, -0.1) is 0 Å². The van der Waals surface area contributed by atoms with Gasteiger partial charge < -0.3 is 15.3 Å². The van der Waals surface area contributed by atoms with Crippen LogP contribution in [0.15, 0.2) is 30.3 Å². The number of hydrogen-bond acceptors (Lipinski definition) is 3. The molecule has 6 nitrogen and oxygen atoms in total. The Labute approximate surface area is 141 Å². The van der Waals surface area contributed by atoms with Crippen molar-refractivity contribution in [3.8, 4) is 0 Å². The summed E-state index contributed by atoms with van der Waals surface area (Å²) in [6.45, 7) is 3.98. The third kappa shape index (κ3) is 4.57. The number of carboxylic acids is 1. The number of benzene rings is 1. The van der Waals surface area contributed by atoms with Crippen LogP contribution in [0, 0.1) is 5.92 Å². The number of nitrogens with zero attached hydrogens (tertiary/aromatic N) is 1. The number of nitrogens with one attached hydrogen (secondary N) is 1. The van der Waals surface area contributed by atoms with Crippen LogP contribution in [0.4, 0.5) is 0 Å². The van der Waals surface area contributed by atoms with E-state index in [9.17, 15) is 14.4 Å². The number of carbonyl (C=O) groups is 3. The lowest BCUT2D eigenvalue weighted by molar-refractivity contribution is -0.143. The number of hydrogen-bond donors (Lipinski definition) is 2. The normalized spacial score (nSPS) is 18.7. The van der Waals surface area contributed by atoms with E-state index in [1.165, 1.54) is 0 Å². The first-order valence-electron chi connectivity index (χ1n) is 8.24. The maximum absolute atomic E-state index is 12.2. The molecule has 0 bridgehead atoms. The van der Waals surface area contributed by atoms with Crippen molar-refractivity contribution in [2.24, 2.45) is 5.92 Å². The maximum Gasteiger partial charge on any atom is 0.326 e. The molecular formula is C18H24N2O4. The molecule has 1 aliphatic rings. The van der Waals surface area contributed by atoms with Crippen LogP contribution in [0.3, 0.4) is 0 Å². The number of aliphatic carboxylic acids is 1. The van der Waals surface area contributed by atoms with Crippen molar-refractivity contribution in [2.45, 2.75) is 51.7 Å². The van der Waals surface area contributed by atoms with Gasteiger partial charge in [0.1, 0.15) is 6.04 Å². The number of carbonyl (C=O) groups excluding carboxylic acids is 2. The third-order valence-electron chi connectivity index (χ3n) is 4.32. The summed E-state index contributed by atoms with van der Waals surface area (Å²) in [5, 5.41) is 11.7. The van der Waals surface area contributed by atoms with Crippen molar-refractivity contribution < 1.29 is 19.5 Å². The summed E-state index contributed by atoms with van der Waals surface area (Å²) < 4.78 is 0. The number of carboxylic acid groups (broad SMARTS) is 1. The molecule has 0 aromatic heterocycles. The molecule has 2 amide bonds. The molecule has 1 aliphatic heterocycles. The van der Waals surface area contributed by atoms with E-state index in [0.29, 0.717) is 19.4 Å². The van der Waals surface area contributed by atoms with Crippen molar-refractivity contribution in [3.63, 3.8) is 0 Å². The lowest BCUT2D eigenvalue weighted by Gasteiger charge is -2.26. The van der Waals surface area contributed by atoms with E-state index in [1.807, 2.05) is 30.3 Å². The van der Waals surface area contributed by atoms with Gasteiger partial charge in [-0.3, -0.25) is 9.59 Å². The molecule has 0 spiro atoms. The Kier molecular flexibility index (Phi) is 5.95. The monoisotopic (exact) mass is 332 g/mol. The Morgan fingerprint density at radius 1 is 1.29 bits per heavy atom. The van der Waals surface area contributed by atoms with Gasteiger partial charge in [-0.25, -0.2) is 4.79 Å². The van der Waals surface area contributed by atoms with E-state index in [1.54, 1.807) is 18.7 Å². The molecule has 0 unspecified atom stereocenters. The molecule has 2 atom stereocenters. The van der Waals surface area contributed by atoms with Gasteiger partial charge in [0.05, 0.1) is 0 Å². The standard InChI is InChI=1S/C18H24N2O4/c1-12(2)17(18(23)24)19-15(21)10-14-8-9-16(22)20(14)11-13-6-4-3-5-7-13/h3-7,12,14,17H,8-11H2,1-2H3,(H,19,21)(H,23,24)/t14-,17-/m0/s1. The zero-order valence-corrected chi connectivity index (χ0v) is 14.1. The smallest absolute Gasteiger partial charge is 0.326 e. The van der Waals surface area contributed by atoms with Crippen LogP contribution in [0.25, 0.3) is 0 Å². The summed E-state index contributed by atoms with van der Waals surface area (Å²) in [4.78, 5) is 37.2. The zero-order chi connectivity index (χ0) is 17.7. The highest BCUT2D eigenvalue weighted by atomic mass is 16.4. The highest BCUT2D eigenvalue weighted by Gasteiger charge is 2.33. The average molecular weight is 332 g/mol. The summed E-state index contributed by atoms with van der Waals surface area (Å²) in [6, 6.07) is 8.55. The predicted octanol–water partition coefficient (Wildman–Crippen LogP) is 1.79. The number of rotatable bonds is 7. The van der Waals surface area contributed by atoms with E-state index in [0.717, 1.165) is 5.56 Å². The lowest BCUT2D eigenvalue weighted by Crippen LogP contribution is -2.46. The Balaban J connectivity index is 1.98. The minimum absolute atomic E-state index is 0.0373. The number of amides is 2. The van der Waals surface area contributed by atoms with Crippen LogP contribution in [0.2, 0.25) is 0 Å². The largest absolute Gasteiger partial charge is 0.480 e. The molecule has 1 heterocycles. The highest BCUT2D eigenvalue weighted by Crippen LogP contribution is 2.24. The average Bonchev–Trinajstić information content (AvgIpc) is 2.86. The first-order chi connectivity index (χ1) is 11.4. The lowest BCUT2D eigenvalue weighted by atomic mass is 10.0. The second-order valence-electron chi connectivity index (χ2n) is 6.53. The topological polar surface area (TPSA) is 86.7 Å². The van der Waals surface area contributed by atoms with E-state index in [4.69, 9.17) is 5.11 Å². The van der Waals surface area contributed by atoms with Crippen LogP contribution in [-0.4, -0.2) is 39.9 Å². The Bertz CT molecular complexity index is 600. The summed E-state index contributed by atoms with van der Waals surface area (Å²) in [5.41, 5.74) is 1.02. The molecule has 24 heavy (non-hydrogen) atoms. The maximum atomic E-state index is 12.2. The summed E-state index contributed by atoms with van der Waals surface area (Å²) >= 11 is 0. The van der Waals surface area contributed by atoms with Crippen molar-refractivity contribution in [1.82, 2.24) is 10.2 Å². The predicted molar refractivity (Wildman–Crippen MR) is 89.0 cm³/mol. The van der Waals surface area contributed by atoms with Crippen molar-refractivity contribution in [3.05, 3.63) is 35.9 Å². The van der Waals surface area contributed by atoms with Gasteiger partial charge in [0.15, 0.2) is 0 Å². The highest BCUT2D eigenvalue weighted by molar-refractivity contribution is 5.85. The quantitative estimate of drug-likeness (QED) is 0.797. The van der Waals surface area contributed by atoms with E-state index in [-0.39, 0.29) is 30.2 Å². The molecule has 130 valence electrons. The van der Waals surface area contributed by atoms with E-state index >= 15 is 0 Å². The van der Waals surface area contributed by atoms with Gasteiger partial charge in [-0.2, -0.15) is 0 Å². The third-order valence-corrected chi connectivity index (χ3v) is 4.32. The molecule has 1 saturated heterocycles.